The van der Waals surface area contributed by atoms with Crippen molar-refractivity contribution in [2.75, 3.05) is 0 Å². The van der Waals surface area contributed by atoms with Gasteiger partial charge in [-0.05, 0) is 23.2 Å². The summed E-state index contributed by atoms with van der Waals surface area (Å²) in [4.78, 5) is 0. The molecule has 0 rings (SSSR count). The van der Waals surface area contributed by atoms with E-state index < -0.39 is 16.4 Å². The first-order valence-electron chi connectivity index (χ1n) is 6.56. The Morgan fingerprint density at radius 2 is 1.18 bits per heavy atom. The van der Waals surface area contributed by atoms with Gasteiger partial charge in [0, 0.05) is 0 Å². The van der Waals surface area contributed by atoms with Crippen LogP contribution in [0, 0.1) is 0 Å². The molecule has 0 saturated carbocycles. The summed E-state index contributed by atoms with van der Waals surface area (Å²) in [5, 5.41) is 0.672. The molecule has 0 aromatic rings. The lowest BCUT2D eigenvalue weighted by Crippen LogP contribution is -2.40. The maximum atomic E-state index is 6.12. The molecule has 0 radical (unpaired) electrons. The molecular weight excluding hydrogens is 240 g/mol. The molecule has 0 aromatic heterocycles. The predicted molar refractivity (Wildman–Crippen MR) is 84.6 cm³/mol. The fourth-order valence-electron chi connectivity index (χ4n) is 0.801. The number of hydrogen-bond acceptors (Lipinski definition) is 1. The Hall–Kier alpha value is -0.0262. The maximum Gasteiger partial charge on any atom is 0.249 e. The van der Waals surface area contributed by atoms with Crippen LogP contribution in [-0.2, 0) is 4.43 Å². The quantitative estimate of drug-likeness (QED) is 0.482. The second kappa shape index (κ2) is 4.92. The molecule has 0 aliphatic heterocycles. The summed E-state index contributed by atoms with van der Waals surface area (Å²) in [7, 11) is -2.98. The van der Waals surface area contributed by atoms with Crippen molar-refractivity contribution in [3.8, 4) is 0 Å². The highest BCUT2D eigenvalue weighted by Crippen LogP contribution is 2.38. The van der Waals surface area contributed by atoms with Gasteiger partial charge in [-0.25, -0.2) is 0 Å². The fraction of sp³-hybridized carbons (Fsp3) is 0.857. The summed E-state index contributed by atoms with van der Waals surface area (Å²) in [6.07, 6.45) is 2.01. The monoisotopic (exact) mass is 272 g/mol. The first-order valence-corrected chi connectivity index (χ1v) is 12.5. The van der Waals surface area contributed by atoms with Gasteiger partial charge in [0.25, 0.3) is 0 Å². The van der Waals surface area contributed by atoms with Crippen LogP contribution in [0.25, 0.3) is 0 Å². The van der Waals surface area contributed by atoms with Gasteiger partial charge in [-0.3, -0.25) is 0 Å². The first-order chi connectivity index (χ1) is 7.21. The van der Waals surface area contributed by atoms with Crippen molar-refractivity contribution >= 4 is 16.4 Å². The zero-order valence-corrected chi connectivity index (χ0v) is 15.6. The van der Waals surface area contributed by atoms with Gasteiger partial charge in [-0.2, -0.15) is 0 Å². The molecule has 0 aliphatic rings. The van der Waals surface area contributed by atoms with Gasteiger partial charge in [-0.15, -0.1) is 0 Å². The molecule has 17 heavy (non-hydrogen) atoms. The zero-order chi connectivity index (χ0) is 14.1. The van der Waals surface area contributed by atoms with Crippen molar-refractivity contribution in [3.05, 3.63) is 12.0 Å². The SMILES string of the molecule is CC(C)(C)[Si](C)(C)/C=C/O[Si](C)(C)C(C)(C)C. The fourth-order valence-corrected chi connectivity index (χ4v) is 2.61. The molecule has 0 heterocycles. The van der Waals surface area contributed by atoms with E-state index in [2.05, 4.69) is 73.4 Å². The molecule has 0 bridgehead atoms. The molecule has 0 atom stereocenters. The van der Waals surface area contributed by atoms with Gasteiger partial charge in [0.2, 0.25) is 8.32 Å². The summed E-state index contributed by atoms with van der Waals surface area (Å²) in [6, 6.07) is 0. The molecule has 0 N–H and O–H groups in total. The molecule has 3 heteroatoms. The van der Waals surface area contributed by atoms with E-state index in [0.29, 0.717) is 5.04 Å². The second-order valence-corrected chi connectivity index (χ2v) is 18.2. The molecule has 0 amide bonds. The number of hydrogen-bond donors (Lipinski definition) is 0. The van der Waals surface area contributed by atoms with Crippen molar-refractivity contribution in [1.82, 2.24) is 0 Å². The van der Waals surface area contributed by atoms with E-state index >= 15 is 0 Å². The summed E-state index contributed by atoms with van der Waals surface area (Å²) in [5.74, 6) is 0. The van der Waals surface area contributed by atoms with Crippen LogP contribution < -0.4 is 0 Å². The molecule has 0 fully saturated rings. The molecule has 0 aliphatic carbocycles. The third kappa shape index (κ3) is 4.62. The highest BCUT2D eigenvalue weighted by Gasteiger charge is 2.38. The average Bonchev–Trinajstić information content (AvgIpc) is 1.98. The van der Waals surface area contributed by atoms with Gasteiger partial charge in [-0.1, -0.05) is 60.3 Å². The van der Waals surface area contributed by atoms with Gasteiger partial charge < -0.3 is 4.43 Å². The normalized spacial score (nSPS) is 15.4. The Morgan fingerprint density at radius 1 is 0.765 bits per heavy atom. The molecule has 0 unspecified atom stereocenters. The lowest BCUT2D eigenvalue weighted by molar-refractivity contribution is 0.430. The van der Waals surface area contributed by atoms with E-state index in [9.17, 15) is 0 Å². The first kappa shape index (κ1) is 17.0. The lowest BCUT2D eigenvalue weighted by atomic mass is 10.2. The molecule has 0 spiro atoms. The smallest absolute Gasteiger partial charge is 0.249 e. The summed E-state index contributed by atoms with van der Waals surface area (Å²) in [6.45, 7) is 23.2. The van der Waals surface area contributed by atoms with Crippen molar-refractivity contribution < 1.29 is 4.43 Å². The summed E-state index contributed by atoms with van der Waals surface area (Å²) in [5.41, 5.74) is 2.35. The van der Waals surface area contributed by atoms with Crippen LogP contribution in [0.4, 0.5) is 0 Å². The van der Waals surface area contributed by atoms with Crippen molar-refractivity contribution in [2.45, 2.75) is 77.8 Å². The third-order valence-corrected chi connectivity index (χ3v) is 13.8. The molecular formula is C14H32OSi2. The Morgan fingerprint density at radius 3 is 1.47 bits per heavy atom. The van der Waals surface area contributed by atoms with Crippen molar-refractivity contribution in [1.29, 1.82) is 0 Å². The van der Waals surface area contributed by atoms with Crippen molar-refractivity contribution in [2.24, 2.45) is 0 Å². The topological polar surface area (TPSA) is 9.23 Å². The van der Waals surface area contributed by atoms with E-state index in [0.717, 1.165) is 0 Å². The maximum absolute atomic E-state index is 6.12. The zero-order valence-electron chi connectivity index (χ0n) is 13.6. The lowest BCUT2D eigenvalue weighted by Gasteiger charge is -2.37. The molecule has 102 valence electrons. The molecule has 0 aromatic carbocycles. The third-order valence-electron chi connectivity index (χ3n) is 4.59. The van der Waals surface area contributed by atoms with Crippen LogP contribution in [0.3, 0.4) is 0 Å². The van der Waals surface area contributed by atoms with Gasteiger partial charge >= 0.3 is 0 Å². The number of rotatable bonds is 3. The van der Waals surface area contributed by atoms with Crippen molar-refractivity contribution in [3.63, 3.8) is 0 Å². The van der Waals surface area contributed by atoms with Crippen LogP contribution >= 0.6 is 0 Å². The van der Waals surface area contributed by atoms with Gasteiger partial charge in [0.05, 0.1) is 14.3 Å². The second-order valence-electron chi connectivity index (χ2n) is 8.15. The molecule has 0 saturated heterocycles. The van der Waals surface area contributed by atoms with Crippen LogP contribution in [0.15, 0.2) is 12.0 Å². The van der Waals surface area contributed by atoms with E-state index in [1.807, 2.05) is 6.26 Å². The average molecular weight is 273 g/mol. The van der Waals surface area contributed by atoms with Crippen LogP contribution in [0.5, 0.6) is 0 Å². The summed E-state index contributed by atoms with van der Waals surface area (Å²) < 4.78 is 6.12. The van der Waals surface area contributed by atoms with E-state index in [1.165, 1.54) is 0 Å². The largest absolute Gasteiger partial charge is 0.550 e. The van der Waals surface area contributed by atoms with E-state index in [-0.39, 0.29) is 5.04 Å². The van der Waals surface area contributed by atoms with Gasteiger partial charge in [0.15, 0.2) is 0 Å². The minimum Gasteiger partial charge on any atom is -0.550 e. The minimum atomic E-state index is -1.63. The van der Waals surface area contributed by atoms with E-state index in [1.54, 1.807) is 0 Å². The Kier molecular flexibility index (Phi) is 4.91. The Balaban J connectivity index is 4.70. The Bertz CT molecular complexity index is 278. The van der Waals surface area contributed by atoms with Gasteiger partial charge in [0.1, 0.15) is 0 Å². The standard InChI is InChI=1S/C14H32OSi2/c1-13(2,3)16(7,8)12-11-15-17(9,10)14(4,5)6/h11-12H,1-10H3/b12-11+. The van der Waals surface area contributed by atoms with Crippen LogP contribution in [0.2, 0.25) is 36.3 Å². The Labute approximate surface area is 111 Å². The minimum absolute atomic E-state index is 0.283. The predicted octanol–water partition coefficient (Wildman–Crippen LogP) is 5.57. The highest BCUT2D eigenvalue weighted by molar-refractivity contribution is 6.84. The molecule has 1 nitrogen and oxygen atoms in total. The van der Waals surface area contributed by atoms with Crippen LogP contribution in [0.1, 0.15) is 41.5 Å². The summed E-state index contributed by atoms with van der Waals surface area (Å²) >= 11 is 0. The highest BCUT2D eigenvalue weighted by atomic mass is 28.4. The van der Waals surface area contributed by atoms with Crippen LogP contribution in [-0.4, -0.2) is 16.4 Å². The van der Waals surface area contributed by atoms with E-state index in [4.69, 9.17) is 4.43 Å².